The van der Waals surface area contributed by atoms with Crippen LogP contribution in [0, 0.1) is 10.1 Å². The minimum Gasteiger partial charge on any atom is -0.358 e. The van der Waals surface area contributed by atoms with Crippen LogP contribution in [0.2, 0.25) is 0 Å². The number of anilines is 1. The number of rotatable bonds is 3. The molecule has 0 aliphatic rings. The van der Waals surface area contributed by atoms with Crippen molar-refractivity contribution in [1.29, 1.82) is 0 Å². The molecule has 0 fully saturated rings. The molecule has 0 unspecified atom stereocenters. The van der Waals surface area contributed by atoms with Gasteiger partial charge in [-0.05, 0) is 16.8 Å². The molecule has 84 valence electrons. The minimum atomic E-state index is -0.724. The van der Waals surface area contributed by atoms with Gasteiger partial charge in [0.15, 0.2) is 5.78 Å². The molecule has 1 rings (SSSR count). The topological polar surface area (TPSA) is 102 Å². The van der Waals surface area contributed by atoms with Gasteiger partial charge in [-0.25, -0.2) is 0 Å². The molecule has 16 heavy (non-hydrogen) atoms. The Bertz CT molecular complexity index is 438. The largest absolute Gasteiger partial charge is 0.366 e. The van der Waals surface area contributed by atoms with Crippen LogP contribution in [-0.4, -0.2) is 21.6 Å². The van der Waals surface area contributed by atoms with Crippen LogP contribution in [0.25, 0.3) is 0 Å². The van der Waals surface area contributed by atoms with Crippen LogP contribution in [0.5, 0.6) is 0 Å². The summed E-state index contributed by atoms with van der Waals surface area (Å²) in [5, 5.41) is 12.8. The number of ketones is 1. The summed E-state index contributed by atoms with van der Waals surface area (Å²) in [6.07, 6.45) is 0. The summed E-state index contributed by atoms with van der Waals surface area (Å²) >= 11 is 0. The zero-order chi connectivity index (χ0) is 12.3. The van der Waals surface area contributed by atoms with Crippen LogP contribution >= 0.6 is 0 Å². The fourth-order valence-electron chi connectivity index (χ4n) is 1.06. The highest BCUT2D eigenvalue weighted by Crippen LogP contribution is 2.16. The maximum atomic E-state index is 11.1. The van der Waals surface area contributed by atoms with Crippen molar-refractivity contribution in [1.82, 2.24) is 4.98 Å². The summed E-state index contributed by atoms with van der Waals surface area (Å²) in [5.41, 5.74) is 0.130. The van der Waals surface area contributed by atoms with Crippen LogP contribution < -0.4 is 5.32 Å². The van der Waals surface area contributed by atoms with Crippen LogP contribution in [0.4, 0.5) is 11.6 Å². The van der Waals surface area contributed by atoms with Crippen molar-refractivity contribution < 1.29 is 14.5 Å². The lowest BCUT2D eigenvalue weighted by atomic mass is 10.2. The van der Waals surface area contributed by atoms with Crippen molar-refractivity contribution in [3.63, 3.8) is 0 Å². The molecule has 0 bridgehead atoms. The maximum absolute atomic E-state index is 11.1. The van der Waals surface area contributed by atoms with E-state index in [4.69, 9.17) is 0 Å². The number of nitrogens with zero attached hydrogens (tertiary/aromatic N) is 2. The molecule has 1 aromatic heterocycles. The number of amides is 1. The molecule has 1 N–H and O–H groups in total. The number of carbonyl (C=O) groups is 2. The van der Waals surface area contributed by atoms with Gasteiger partial charge in [0.1, 0.15) is 0 Å². The van der Waals surface area contributed by atoms with Crippen LogP contribution in [0.15, 0.2) is 12.1 Å². The molecule has 1 amide bonds. The van der Waals surface area contributed by atoms with E-state index < -0.39 is 16.6 Å². The van der Waals surface area contributed by atoms with Gasteiger partial charge in [-0.3, -0.25) is 14.9 Å². The number of pyridine rings is 1. The SMILES string of the molecule is CC(=O)Nc1cc(C(C)=O)cc([N+](=O)[O-])n1. The average Bonchev–Trinajstić information content (AvgIpc) is 2.15. The molecule has 0 saturated heterocycles. The number of hydrogen-bond donors (Lipinski definition) is 1. The second-order valence-electron chi connectivity index (χ2n) is 3.09. The molecule has 7 nitrogen and oxygen atoms in total. The molecule has 0 aliphatic carbocycles. The quantitative estimate of drug-likeness (QED) is 0.470. The lowest BCUT2D eigenvalue weighted by molar-refractivity contribution is -0.389. The molecule has 1 aromatic rings. The maximum Gasteiger partial charge on any atom is 0.366 e. The van der Waals surface area contributed by atoms with E-state index in [1.165, 1.54) is 19.9 Å². The van der Waals surface area contributed by atoms with E-state index in [1.807, 2.05) is 0 Å². The van der Waals surface area contributed by atoms with E-state index in [9.17, 15) is 19.7 Å². The van der Waals surface area contributed by atoms with Crippen LogP contribution in [-0.2, 0) is 4.79 Å². The Labute approximate surface area is 90.6 Å². The van der Waals surface area contributed by atoms with E-state index in [2.05, 4.69) is 10.3 Å². The number of hydrogen-bond acceptors (Lipinski definition) is 5. The van der Waals surface area contributed by atoms with Crippen molar-refractivity contribution in [2.45, 2.75) is 13.8 Å². The Hall–Kier alpha value is -2.31. The lowest BCUT2D eigenvalue weighted by Gasteiger charge is -2.00. The van der Waals surface area contributed by atoms with Crippen molar-refractivity contribution in [2.24, 2.45) is 0 Å². The predicted molar refractivity (Wildman–Crippen MR) is 55.2 cm³/mol. The van der Waals surface area contributed by atoms with Gasteiger partial charge in [0.25, 0.3) is 0 Å². The van der Waals surface area contributed by atoms with E-state index >= 15 is 0 Å². The van der Waals surface area contributed by atoms with Crippen molar-refractivity contribution in [3.05, 3.63) is 27.8 Å². The van der Waals surface area contributed by atoms with E-state index in [0.29, 0.717) is 0 Å². The van der Waals surface area contributed by atoms with Crippen molar-refractivity contribution in [3.8, 4) is 0 Å². The van der Waals surface area contributed by atoms with Crippen molar-refractivity contribution in [2.75, 3.05) is 5.32 Å². The molecule has 0 spiro atoms. The standard InChI is InChI=1S/C9H9N3O4/c1-5(13)7-3-8(10-6(2)14)11-9(4-7)12(15)16/h3-4H,1-2H3,(H,10,11,14). The van der Waals surface area contributed by atoms with Gasteiger partial charge in [0, 0.05) is 24.6 Å². The molecule has 0 aromatic carbocycles. The molecule has 0 saturated carbocycles. The number of nitro groups is 1. The Kier molecular flexibility index (Phi) is 3.29. The van der Waals surface area contributed by atoms with Crippen molar-refractivity contribution >= 4 is 23.3 Å². The van der Waals surface area contributed by atoms with Gasteiger partial charge in [-0.1, -0.05) is 0 Å². The minimum absolute atomic E-state index is 0.00750. The first-order valence-electron chi connectivity index (χ1n) is 4.35. The highest BCUT2D eigenvalue weighted by atomic mass is 16.6. The zero-order valence-corrected chi connectivity index (χ0v) is 8.68. The highest BCUT2D eigenvalue weighted by molar-refractivity contribution is 5.96. The highest BCUT2D eigenvalue weighted by Gasteiger charge is 2.15. The summed E-state index contributed by atoms with van der Waals surface area (Å²) < 4.78 is 0. The predicted octanol–water partition coefficient (Wildman–Crippen LogP) is 1.15. The third-order valence-electron chi connectivity index (χ3n) is 1.71. The number of aromatic nitrogens is 1. The van der Waals surface area contributed by atoms with E-state index in [0.717, 1.165) is 6.07 Å². The Morgan fingerprint density at radius 2 is 2.00 bits per heavy atom. The first kappa shape index (κ1) is 11.8. The van der Waals surface area contributed by atoms with Crippen LogP contribution in [0.3, 0.4) is 0 Å². The van der Waals surface area contributed by atoms with E-state index in [1.54, 1.807) is 0 Å². The fraction of sp³-hybridized carbons (Fsp3) is 0.222. The molecule has 0 aliphatic heterocycles. The number of carbonyl (C=O) groups excluding carboxylic acids is 2. The molecular formula is C9H9N3O4. The first-order valence-corrected chi connectivity index (χ1v) is 4.35. The monoisotopic (exact) mass is 223 g/mol. The molecule has 0 atom stereocenters. The Morgan fingerprint density at radius 3 is 2.44 bits per heavy atom. The third kappa shape index (κ3) is 2.84. The summed E-state index contributed by atoms with van der Waals surface area (Å²) in [6.45, 7) is 2.52. The van der Waals surface area contributed by atoms with Gasteiger partial charge >= 0.3 is 5.82 Å². The van der Waals surface area contributed by atoms with Gasteiger partial charge in [-0.15, -0.1) is 0 Å². The third-order valence-corrected chi connectivity index (χ3v) is 1.71. The molecule has 0 radical (unpaired) electrons. The van der Waals surface area contributed by atoms with Gasteiger partial charge in [0.05, 0.1) is 0 Å². The summed E-state index contributed by atoms with van der Waals surface area (Å²) in [7, 11) is 0. The van der Waals surface area contributed by atoms with Gasteiger partial charge in [0.2, 0.25) is 11.7 Å². The fourth-order valence-corrected chi connectivity index (χ4v) is 1.06. The number of Topliss-reactive ketones (excluding diaryl/α,β-unsaturated/α-hetero) is 1. The second-order valence-corrected chi connectivity index (χ2v) is 3.09. The van der Waals surface area contributed by atoms with Gasteiger partial charge < -0.3 is 10.1 Å². The van der Waals surface area contributed by atoms with Gasteiger partial charge in [-0.2, -0.15) is 0 Å². The number of nitrogens with one attached hydrogen (secondary N) is 1. The Morgan fingerprint density at radius 1 is 1.38 bits per heavy atom. The Balaban J connectivity index is 3.23. The summed E-state index contributed by atoms with van der Waals surface area (Å²) in [4.78, 5) is 35.2. The molecule has 1 heterocycles. The summed E-state index contributed by atoms with van der Waals surface area (Å²) in [6, 6.07) is 2.35. The smallest absolute Gasteiger partial charge is 0.358 e. The second kappa shape index (κ2) is 4.47. The molecular weight excluding hydrogens is 214 g/mol. The lowest BCUT2D eigenvalue weighted by Crippen LogP contribution is -2.09. The average molecular weight is 223 g/mol. The van der Waals surface area contributed by atoms with Crippen LogP contribution in [0.1, 0.15) is 24.2 Å². The normalized spacial score (nSPS) is 9.62. The first-order chi connectivity index (χ1) is 7.40. The summed E-state index contributed by atoms with van der Waals surface area (Å²) in [5.74, 6) is -1.23. The zero-order valence-electron chi connectivity index (χ0n) is 8.68. The molecule has 7 heteroatoms. The van der Waals surface area contributed by atoms with E-state index in [-0.39, 0.29) is 17.2 Å².